The van der Waals surface area contributed by atoms with Gasteiger partial charge in [-0.1, -0.05) is 6.42 Å². The molecule has 0 spiro atoms. The average molecular weight is 310 g/mol. The largest absolute Gasteiger partial charge is 0.331 e. The maximum absolute atomic E-state index is 5.64. The Hall–Kier alpha value is -1.88. The van der Waals surface area contributed by atoms with Crippen LogP contribution < -0.4 is 0 Å². The molecule has 2 aliphatic rings. The molecule has 4 nitrogen and oxygen atoms in total. The van der Waals surface area contributed by atoms with E-state index in [2.05, 4.69) is 32.7 Å². The van der Waals surface area contributed by atoms with Crippen molar-refractivity contribution in [3.63, 3.8) is 0 Å². The maximum atomic E-state index is 5.64. The highest BCUT2D eigenvalue weighted by atomic mass is 32.1. The fraction of sp³-hybridized carbons (Fsp3) is 0.412. The summed E-state index contributed by atoms with van der Waals surface area (Å²) < 4.78 is 5.30. The first kappa shape index (κ1) is 12.6. The summed E-state index contributed by atoms with van der Waals surface area (Å²) in [7, 11) is 0. The van der Waals surface area contributed by atoms with Crippen molar-refractivity contribution in [3.8, 4) is 5.69 Å². The van der Waals surface area contributed by atoms with Crippen molar-refractivity contribution in [2.24, 2.45) is 11.8 Å². The number of aromatic nitrogens is 4. The number of benzene rings is 1. The smallest absolute Gasteiger partial charge is 0.178 e. The monoisotopic (exact) mass is 310 g/mol. The number of aromatic amines is 1. The summed E-state index contributed by atoms with van der Waals surface area (Å²) in [6.07, 6.45) is 11.1. The number of imidazole rings is 2. The highest BCUT2D eigenvalue weighted by Crippen LogP contribution is 2.51. The third kappa shape index (κ3) is 1.75. The first-order chi connectivity index (χ1) is 10.8. The van der Waals surface area contributed by atoms with Crippen LogP contribution in [0.5, 0.6) is 0 Å². The first-order valence-corrected chi connectivity index (χ1v) is 8.43. The van der Waals surface area contributed by atoms with Gasteiger partial charge in [0.2, 0.25) is 0 Å². The minimum absolute atomic E-state index is 0.582. The lowest BCUT2D eigenvalue weighted by Crippen LogP contribution is -2.16. The van der Waals surface area contributed by atoms with Gasteiger partial charge in [0, 0.05) is 24.1 Å². The molecule has 2 heterocycles. The first-order valence-electron chi connectivity index (χ1n) is 8.02. The predicted octanol–water partition coefficient (Wildman–Crippen LogP) is 4.25. The van der Waals surface area contributed by atoms with Crippen molar-refractivity contribution in [3.05, 3.63) is 41.7 Å². The van der Waals surface area contributed by atoms with Crippen LogP contribution >= 0.6 is 12.2 Å². The molecule has 5 heteroatoms. The van der Waals surface area contributed by atoms with Crippen LogP contribution in [0.4, 0.5) is 0 Å². The fourth-order valence-corrected chi connectivity index (χ4v) is 4.88. The van der Waals surface area contributed by atoms with Gasteiger partial charge in [-0.3, -0.25) is 0 Å². The zero-order valence-corrected chi connectivity index (χ0v) is 13.1. The van der Waals surface area contributed by atoms with E-state index in [-0.39, 0.29) is 0 Å². The normalized spacial score (nSPS) is 27.0. The van der Waals surface area contributed by atoms with Gasteiger partial charge >= 0.3 is 0 Å². The Bertz CT molecular complexity index is 889. The van der Waals surface area contributed by atoms with E-state index in [1.165, 1.54) is 31.2 Å². The van der Waals surface area contributed by atoms with Crippen molar-refractivity contribution in [1.29, 1.82) is 0 Å². The van der Waals surface area contributed by atoms with Crippen molar-refractivity contribution in [1.82, 2.24) is 19.1 Å². The standard InChI is InChI=1S/C17H18N4S/c22-17-19-14-4-3-13(20-6-5-18-10-20)9-16(14)21(17)15-8-11-1-2-12(15)7-11/h3-6,9-12,15H,1-2,7-8H2,(H,19,22)/t11-,12+,15+/m1/s1. The number of hydrogen-bond acceptors (Lipinski definition) is 2. The molecule has 3 atom stereocenters. The Balaban J connectivity index is 1.68. The quantitative estimate of drug-likeness (QED) is 0.719. The van der Waals surface area contributed by atoms with Gasteiger partial charge in [-0.25, -0.2) is 4.98 Å². The summed E-state index contributed by atoms with van der Waals surface area (Å²) in [5, 5.41) is 0. The lowest BCUT2D eigenvalue weighted by Gasteiger charge is -2.24. The van der Waals surface area contributed by atoms with Gasteiger partial charge in [0.05, 0.1) is 17.4 Å². The second kappa shape index (κ2) is 4.56. The van der Waals surface area contributed by atoms with Gasteiger partial charge in [-0.2, -0.15) is 0 Å². The molecule has 2 saturated carbocycles. The number of nitrogens with zero attached hydrogens (tertiary/aromatic N) is 3. The minimum Gasteiger partial charge on any atom is -0.331 e. The van der Waals surface area contributed by atoms with Crippen LogP contribution in [0, 0.1) is 16.6 Å². The number of rotatable bonds is 2. The summed E-state index contributed by atoms with van der Waals surface area (Å²) in [5.41, 5.74) is 3.50. The molecule has 0 unspecified atom stereocenters. The zero-order valence-electron chi connectivity index (χ0n) is 12.3. The van der Waals surface area contributed by atoms with Gasteiger partial charge in [0.15, 0.2) is 4.77 Å². The molecule has 0 radical (unpaired) electrons. The SMILES string of the molecule is S=c1[nH]c2ccc(-n3ccnc3)cc2n1[C@H]1C[C@@H]2CC[C@H]1C2. The summed E-state index contributed by atoms with van der Waals surface area (Å²) in [6, 6.07) is 7.05. The van der Waals surface area contributed by atoms with Crippen LogP contribution in [0.25, 0.3) is 16.7 Å². The van der Waals surface area contributed by atoms with E-state index in [9.17, 15) is 0 Å². The summed E-state index contributed by atoms with van der Waals surface area (Å²) in [4.78, 5) is 7.53. The van der Waals surface area contributed by atoms with Crippen LogP contribution in [0.15, 0.2) is 36.9 Å². The summed E-state index contributed by atoms with van der Waals surface area (Å²) >= 11 is 5.64. The van der Waals surface area contributed by atoms with Crippen molar-refractivity contribution in [2.45, 2.75) is 31.7 Å². The van der Waals surface area contributed by atoms with E-state index < -0.39 is 0 Å². The molecule has 0 saturated heterocycles. The molecule has 0 amide bonds. The van der Waals surface area contributed by atoms with Crippen LogP contribution in [-0.2, 0) is 0 Å². The van der Waals surface area contributed by atoms with E-state index >= 15 is 0 Å². The van der Waals surface area contributed by atoms with Gasteiger partial charge in [0.25, 0.3) is 0 Å². The van der Waals surface area contributed by atoms with Crippen LogP contribution in [0.1, 0.15) is 31.7 Å². The van der Waals surface area contributed by atoms with E-state index in [0.29, 0.717) is 6.04 Å². The summed E-state index contributed by atoms with van der Waals surface area (Å²) in [5.74, 6) is 1.73. The van der Waals surface area contributed by atoms with Crippen LogP contribution in [-0.4, -0.2) is 19.1 Å². The number of hydrogen-bond donors (Lipinski definition) is 1. The number of fused-ring (bicyclic) bond motifs is 3. The second-order valence-corrected chi connectivity index (χ2v) is 7.10. The number of H-pyrrole nitrogens is 1. The molecule has 1 aromatic carbocycles. The topological polar surface area (TPSA) is 38.5 Å². The molecule has 1 N–H and O–H groups in total. The molecule has 3 aromatic rings. The fourth-order valence-electron chi connectivity index (χ4n) is 4.54. The van der Waals surface area contributed by atoms with E-state index in [1.54, 1.807) is 0 Å². The molecule has 2 aliphatic carbocycles. The molecule has 2 aromatic heterocycles. The third-order valence-corrected chi connectivity index (χ3v) is 5.83. The predicted molar refractivity (Wildman–Crippen MR) is 88.7 cm³/mol. The van der Waals surface area contributed by atoms with Crippen LogP contribution in [0.3, 0.4) is 0 Å². The Morgan fingerprint density at radius 3 is 2.91 bits per heavy atom. The highest BCUT2D eigenvalue weighted by Gasteiger charge is 2.41. The maximum Gasteiger partial charge on any atom is 0.178 e. The highest BCUT2D eigenvalue weighted by molar-refractivity contribution is 7.71. The zero-order chi connectivity index (χ0) is 14.7. The van der Waals surface area contributed by atoms with E-state index in [1.807, 2.05) is 23.3 Å². The Morgan fingerprint density at radius 1 is 1.23 bits per heavy atom. The lowest BCUT2D eigenvalue weighted by molar-refractivity contribution is 0.333. The van der Waals surface area contributed by atoms with Crippen molar-refractivity contribution in [2.75, 3.05) is 0 Å². The third-order valence-electron chi connectivity index (χ3n) is 5.54. The second-order valence-electron chi connectivity index (χ2n) is 6.71. The molecule has 2 bridgehead atoms. The Morgan fingerprint density at radius 2 is 2.18 bits per heavy atom. The molecule has 5 rings (SSSR count). The van der Waals surface area contributed by atoms with Crippen LogP contribution in [0.2, 0.25) is 0 Å². The number of nitrogens with one attached hydrogen (secondary N) is 1. The average Bonchev–Trinajstić information content (AvgIpc) is 3.29. The molecule has 112 valence electrons. The molecular formula is C17H18N4S. The lowest BCUT2D eigenvalue weighted by atomic mass is 9.95. The van der Waals surface area contributed by atoms with Gasteiger partial charge in [-0.05, 0) is 61.5 Å². The summed E-state index contributed by atoms with van der Waals surface area (Å²) in [6.45, 7) is 0. The van der Waals surface area contributed by atoms with Gasteiger partial charge in [-0.15, -0.1) is 0 Å². The molecule has 2 fully saturated rings. The van der Waals surface area contributed by atoms with E-state index in [4.69, 9.17) is 12.2 Å². The van der Waals surface area contributed by atoms with E-state index in [0.717, 1.165) is 27.8 Å². The van der Waals surface area contributed by atoms with Crippen molar-refractivity contribution < 1.29 is 0 Å². The van der Waals surface area contributed by atoms with Crippen molar-refractivity contribution >= 4 is 23.3 Å². The minimum atomic E-state index is 0.582. The Labute approximate surface area is 133 Å². The molecule has 0 aliphatic heterocycles. The Kier molecular flexibility index (Phi) is 2.62. The molecule has 22 heavy (non-hydrogen) atoms. The van der Waals surface area contributed by atoms with Gasteiger partial charge in [0.1, 0.15) is 0 Å². The molecular weight excluding hydrogens is 292 g/mol. The van der Waals surface area contributed by atoms with Gasteiger partial charge < -0.3 is 14.1 Å².